The molecule has 5 nitrogen and oxygen atoms in total. The standard InChI is InChI=1S/C16H13N3O2/c1-19-13-7-6-11(8-10(13)9-15(19)20)17-16-18-12-4-2-3-5-14(12)21-16/h2-8H,9H2,1H3,(H,17,18). The predicted molar refractivity (Wildman–Crippen MR) is 80.8 cm³/mol. The Bertz CT molecular complexity index is 821. The zero-order valence-electron chi connectivity index (χ0n) is 11.5. The summed E-state index contributed by atoms with van der Waals surface area (Å²) in [5.41, 5.74) is 4.40. The third-order valence-corrected chi connectivity index (χ3v) is 3.70. The number of fused-ring (bicyclic) bond motifs is 2. The molecule has 0 spiro atoms. The van der Waals surface area contributed by atoms with Crippen molar-refractivity contribution in [2.24, 2.45) is 0 Å². The van der Waals surface area contributed by atoms with Crippen LogP contribution in [0.15, 0.2) is 46.9 Å². The highest BCUT2D eigenvalue weighted by Crippen LogP contribution is 2.31. The molecule has 0 fully saturated rings. The molecule has 0 saturated heterocycles. The highest BCUT2D eigenvalue weighted by Gasteiger charge is 2.23. The molecule has 0 radical (unpaired) electrons. The summed E-state index contributed by atoms with van der Waals surface area (Å²) in [6, 6.07) is 13.9. The molecule has 2 aromatic carbocycles. The van der Waals surface area contributed by atoms with Crippen LogP contribution in [0.4, 0.5) is 17.4 Å². The summed E-state index contributed by atoms with van der Waals surface area (Å²) < 4.78 is 5.63. The molecule has 0 unspecified atom stereocenters. The average Bonchev–Trinajstić information content (AvgIpc) is 3.00. The first-order valence-electron chi connectivity index (χ1n) is 6.73. The Morgan fingerprint density at radius 3 is 2.95 bits per heavy atom. The molecule has 104 valence electrons. The Hall–Kier alpha value is -2.82. The molecule has 0 atom stereocenters. The second kappa shape index (κ2) is 4.34. The lowest BCUT2D eigenvalue weighted by Crippen LogP contribution is -2.20. The molecule has 1 aromatic heterocycles. The number of likely N-dealkylation sites (N-methyl/N-ethyl adjacent to an activating group) is 1. The van der Waals surface area contributed by atoms with Gasteiger partial charge in [0, 0.05) is 18.4 Å². The molecule has 5 heteroatoms. The largest absolute Gasteiger partial charge is 0.423 e. The lowest BCUT2D eigenvalue weighted by atomic mass is 10.1. The van der Waals surface area contributed by atoms with Crippen molar-refractivity contribution in [2.45, 2.75) is 6.42 Å². The van der Waals surface area contributed by atoms with Crippen molar-refractivity contribution >= 4 is 34.4 Å². The van der Waals surface area contributed by atoms with Crippen LogP contribution in [-0.4, -0.2) is 17.9 Å². The number of hydrogen-bond donors (Lipinski definition) is 1. The fourth-order valence-corrected chi connectivity index (χ4v) is 2.60. The highest BCUT2D eigenvalue weighted by atomic mass is 16.4. The maximum absolute atomic E-state index is 11.7. The van der Waals surface area contributed by atoms with E-state index in [1.54, 1.807) is 11.9 Å². The maximum Gasteiger partial charge on any atom is 0.300 e. The molecule has 1 N–H and O–H groups in total. The number of aromatic nitrogens is 1. The van der Waals surface area contributed by atoms with E-state index in [2.05, 4.69) is 10.3 Å². The van der Waals surface area contributed by atoms with Crippen LogP contribution in [0.5, 0.6) is 0 Å². The monoisotopic (exact) mass is 279 g/mol. The van der Waals surface area contributed by atoms with Gasteiger partial charge in [-0.3, -0.25) is 4.79 Å². The Kier molecular flexibility index (Phi) is 2.47. The van der Waals surface area contributed by atoms with E-state index in [-0.39, 0.29) is 5.91 Å². The molecular weight excluding hydrogens is 266 g/mol. The molecule has 4 rings (SSSR count). The topological polar surface area (TPSA) is 58.4 Å². The molecule has 3 aromatic rings. The van der Waals surface area contributed by atoms with E-state index in [4.69, 9.17) is 4.42 Å². The summed E-state index contributed by atoms with van der Waals surface area (Å²) in [7, 11) is 1.79. The fourth-order valence-electron chi connectivity index (χ4n) is 2.60. The van der Waals surface area contributed by atoms with Crippen LogP contribution in [0, 0.1) is 0 Å². The minimum Gasteiger partial charge on any atom is -0.423 e. The van der Waals surface area contributed by atoms with E-state index in [1.807, 2.05) is 42.5 Å². The summed E-state index contributed by atoms with van der Waals surface area (Å²) in [6.45, 7) is 0. The van der Waals surface area contributed by atoms with E-state index < -0.39 is 0 Å². The quantitative estimate of drug-likeness (QED) is 0.783. The number of carbonyl (C=O) groups is 1. The van der Waals surface area contributed by atoms with Crippen molar-refractivity contribution in [1.82, 2.24) is 4.98 Å². The number of amides is 1. The van der Waals surface area contributed by atoms with Crippen LogP contribution in [0.2, 0.25) is 0 Å². The lowest BCUT2D eigenvalue weighted by molar-refractivity contribution is -0.117. The van der Waals surface area contributed by atoms with E-state index in [1.165, 1.54) is 0 Å². The van der Waals surface area contributed by atoms with Crippen molar-refractivity contribution in [1.29, 1.82) is 0 Å². The Morgan fingerprint density at radius 2 is 2.10 bits per heavy atom. The van der Waals surface area contributed by atoms with Crippen LogP contribution in [0.25, 0.3) is 11.1 Å². The highest BCUT2D eigenvalue weighted by molar-refractivity contribution is 6.01. The molecule has 0 bridgehead atoms. The van der Waals surface area contributed by atoms with E-state index in [0.717, 1.165) is 28.0 Å². The van der Waals surface area contributed by atoms with Crippen molar-refractivity contribution in [2.75, 3.05) is 17.3 Å². The van der Waals surface area contributed by atoms with Crippen LogP contribution >= 0.6 is 0 Å². The molecule has 21 heavy (non-hydrogen) atoms. The van der Waals surface area contributed by atoms with Crippen molar-refractivity contribution in [3.63, 3.8) is 0 Å². The number of hydrogen-bond acceptors (Lipinski definition) is 4. The Morgan fingerprint density at radius 1 is 1.24 bits per heavy atom. The van der Waals surface area contributed by atoms with E-state index in [9.17, 15) is 4.79 Å². The van der Waals surface area contributed by atoms with Gasteiger partial charge in [0.1, 0.15) is 5.52 Å². The molecule has 1 aliphatic rings. The van der Waals surface area contributed by atoms with Crippen molar-refractivity contribution in [3.8, 4) is 0 Å². The SMILES string of the molecule is CN1C(=O)Cc2cc(Nc3nc4ccccc4o3)ccc21. The first-order valence-corrected chi connectivity index (χ1v) is 6.73. The number of oxazole rings is 1. The third kappa shape index (κ3) is 1.94. The number of carbonyl (C=O) groups excluding carboxylic acids is 1. The van der Waals surface area contributed by atoms with Gasteiger partial charge >= 0.3 is 0 Å². The Labute approximate surface area is 121 Å². The number of para-hydroxylation sites is 2. The number of nitrogens with zero attached hydrogens (tertiary/aromatic N) is 2. The number of nitrogens with one attached hydrogen (secondary N) is 1. The van der Waals surface area contributed by atoms with E-state index >= 15 is 0 Å². The average molecular weight is 279 g/mol. The van der Waals surface area contributed by atoms with E-state index in [0.29, 0.717) is 12.4 Å². The molecule has 1 aliphatic heterocycles. The van der Waals surface area contributed by atoms with Gasteiger partial charge in [0.2, 0.25) is 5.91 Å². The van der Waals surface area contributed by atoms with Gasteiger partial charge in [0.15, 0.2) is 5.58 Å². The smallest absolute Gasteiger partial charge is 0.300 e. The van der Waals surface area contributed by atoms with Crippen LogP contribution < -0.4 is 10.2 Å². The minimum atomic E-state index is 0.115. The van der Waals surface area contributed by atoms with Crippen molar-refractivity contribution in [3.05, 3.63) is 48.0 Å². The van der Waals surface area contributed by atoms with Crippen LogP contribution in [-0.2, 0) is 11.2 Å². The molecule has 0 aliphatic carbocycles. The van der Waals surface area contributed by atoms with Gasteiger partial charge < -0.3 is 14.6 Å². The van der Waals surface area contributed by atoms with Gasteiger partial charge in [0.05, 0.1) is 6.42 Å². The lowest BCUT2D eigenvalue weighted by Gasteiger charge is -2.10. The molecule has 0 saturated carbocycles. The first-order chi connectivity index (χ1) is 10.2. The fraction of sp³-hybridized carbons (Fsp3) is 0.125. The Balaban J connectivity index is 1.66. The number of benzene rings is 2. The second-order valence-electron chi connectivity index (χ2n) is 5.08. The molecular formula is C16H13N3O2. The van der Waals surface area contributed by atoms with Gasteiger partial charge in [-0.15, -0.1) is 0 Å². The molecule has 2 heterocycles. The third-order valence-electron chi connectivity index (χ3n) is 3.70. The van der Waals surface area contributed by atoms with Crippen LogP contribution in [0.1, 0.15) is 5.56 Å². The summed E-state index contributed by atoms with van der Waals surface area (Å²) >= 11 is 0. The predicted octanol–water partition coefficient (Wildman–Crippen LogP) is 3.09. The van der Waals surface area contributed by atoms with Gasteiger partial charge in [0.25, 0.3) is 6.01 Å². The first kappa shape index (κ1) is 12.0. The van der Waals surface area contributed by atoms with Gasteiger partial charge in [-0.05, 0) is 35.9 Å². The molecule has 1 amide bonds. The van der Waals surface area contributed by atoms with Crippen molar-refractivity contribution < 1.29 is 9.21 Å². The van der Waals surface area contributed by atoms with Gasteiger partial charge in [-0.1, -0.05) is 12.1 Å². The van der Waals surface area contributed by atoms with Crippen LogP contribution in [0.3, 0.4) is 0 Å². The summed E-state index contributed by atoms with van der Waals surface area (Å²) in [4.78, 5) is 17.7. The maximum atomic E-state index is 11.7. The normalized spacial score (nSPS) is 13.8. The zero-order valence-corrected chi connectivity index (χ0v) is 11.5. The zero-order chi connectivity index (χ0) is 14.4. The number of anilines is 3. The second-order valence-corrected chi connectivity index (χ2v) is 5.08. The summed E-state index contributed by atoms with van der Waals surface area (Å²) in [5.74, 6) is 0.115. The summed E-state index contributed by atoms with van der Waals surface area (Å²) in [6.07, 6.45) is 0.439. The summed E-state index contributed by atoms with van der Waals surface area (Å²) in [5, 5.41) is 3.15. The number of rotatable bonds is 2. The van der Waals surface area contributed by atoms with Gasteiger partial charge in [-0.2, -0.15) is 4.98 Å². The minimum absolute atomic E-state index is 0.115. The van der Waals surface area contributed by atoms with Gasteiger partial charge in [-0.25, -0.2) is 0 Å².